The Morgan fingerprint density at radius 1 is 0.974 bits per heavy atom. The third-order valence-corrected chi connectivity index (χ3v) is 6.68. The number of rotatable bonds is 5. The van der Waals surface area contributed by atoms with Gasteiger partial charge in [0.1, 0.15) is 6.54 Å². The number of nitrogens with one attached hydrogen (secondary N) is 1. The number of aryl methyl sites for hydroxylation is 1. The highest BCUT2D eigenvalue weighted by Gasteiger charge is 2.42. The number of anilines is 1. The number of hydrogen-bond acceptors (Lipinski definition) is 3. The average Bonchev–Trinajstić information content (AvgIpc) is 3.14. The Balaban J connectivity index is 1.61. The quantitative estimate of drug-likeness (QED) is 0.337. The molecule has 0 aliphatic carbocycles. The summed E-state index contributed by atoms with van der Waals surface area (Å²) in [5.74, 6) is -0.518. The van der Waals surface area contributed by atoms with Crippen molar-refractivity contribution in [1.29, 1.82) is 0 Å². The van der Waals surface area contributed by atoms with E-state index in [1.165, 1.54) is 36.2 Å². The van der Waals surface area contributed by atoms with E-state index in [0.29, 0.717) is 11.3 Å². The van der Waals surface area contributed by atoms with E-state index in [-0.39, 0.29) is 24.3 Å². The summed E-state index contributed by atoms with van der Waals surface area (Å²) in [6.45, 7) is 3.16. The molecule has 0 bridgehead atoms. The fraction of sp³-hybridized carbons (Fsp3) is 0.259. The fourth-order valence-electron chi connectivity index (χ4n) is 4.55. The van der Waals surface area contributed by atoms with Crippen LogP contribution < -0.4 is 5.32 Å². The van der Waals surface area contributed by atoms with Crippen molar-refractivity contribution in [2.45, 2.75) is 31.6 Å². The van der Waals surface area contributed by atoms with Crippen LogP contribution in [0.4, 0.5) is 32.0 Å². The van der Waals surface area contributed by atoms with E-state index in [1.807, 2.05) is 37.3 Å². The Bertz CT molecular complexity index is 1390. The Hall–Kier alpha value is -3.53. The monoisotopic (exact) mass is 553 g/mol. The minimum absolute atomic E-state index is 0.0346. The number of benzene rings is 3. The maximum atomic E-state index is 13.2. The van der Waals surface area contributed by atoms with Crippen LogP contribution in [0.1, 0.15) is 34.7 Å². The van der Waals surface area contributed by atoms with Crippen LogP contribution in [-0.2, 0) is 22.6 Å². The first kappa shape index (κ1) is 27.5. The molecule has 1 N–H and O–H groups in total. The molecule has 11 heteroatoms. The molecule has 1 unspecified atom stereocenters. The van der Waals surface area contributed by atoms with E-state index in [0.717, 1.165) is 17.7 Å². The van der Waals surface area contributed by atoms with E-state index in [1.54, 1.807) is 0 Å². The van der Waals surface area contributed by atoms with Gasteiger partial charge in [-0.15, -0.1) is 0 Å². The second-order valence-corrected chi connectivity index (χ2v) is 9.64. The van der Waals surface area contributed by atoms with Crippen LogP contribution in [0.5, 0.6) is 0 Å². The molecule has 0 radical (unpaired) electrons. The zero-order chi connectivity index (χ0) is 27.9. The molecule has 1 aliphatic heterocycles. The van der Waals surface area contributed by atoms with Gasteiger partial charge in [-0.2, -0.15) is 31.4 Å². The lowest BCUT2D eigenvalue weighted by Crippen LogP contribution is -2.38. The van der Waals surface area contributed by atoms with Gasteiger partial charge in [-0.3, -0.25) is 9.80 Å². The number of amides is 1. The lowest BCUT2D eigenvalue weighted by molar-refractivity contribution is -0.138. The second-order valence-electron chi connectivity index (χ2n) is 9.24. The molecular formula is C27H22ClF6N3O. The van der Waals surface area contributed by atoms with E-state index >= 15 is 0 Å². The molecule has 38 heavy (non-hydrogen) atoms. The first-order chi connectivity index (χ1) is 17.7. The van der Waals surface area contributed by atoms with Crippen LogP contribution in [0.3, 0.4) is 0 Å². The molecule has 0 saturated heterocycles. The van der Waals surface area contributed by atoms with E-state index in [4.69, 9.17) is 11.6 Å². The lowest BCUT2D eigenvalue weighted by atomic mass is 9.76. The zero-order valence-corrected chi connectivity index (χ0v) is 21.0. The van der Waals surface area contributed by atoms with Crippen molar-refractivity contribution in [3.05, 3.63) is 99.6 Å². The van der Waals surface area contributed by atoms with Crippen LogP contribution in [0.15, 0.2) is 71.8 Å². The van der Waals surface area contributed by atoms with Crippen LogP contribution >= 0.6 is 11.6 Å². The van der Waals surface area contributed by atoms with Gasteiger partial charge >= 0.3 is 12.4 Å². The Labute approximate surface area is 219 Å². The molecule has 4 rings (SSSR count). The number of hydrazone groups is 1. The highest BCUT2D eigenvalue weighted by molar-refractivity contribution is 6.32. The van der Waals surface area contributed by atoms with Crippen LogP contribution in [0, 0.1) is 6.92 Å². The summed E-state index contributed by atoms with van der Waals surface area (Å²) in [5, 5.41) is 8.15. The third-order valence-electron chi connectivity index (χ3n) is 6.36. The summed E-state index contributed by atoms with van der Waals surface area (Å²) in [6, 6.07) is 15.9. The van der Waals surface area contributed by atoms with Crippen molar-refractivity contribution in [2.75, 3.05) is 18.4 Å². The molecule has 0 fully saturated rings. The Kier molecular flexibility index (Phi) is 7.22. The van der Waals surface area contributed by atoms with Crippen LogP contribution in [-0.4, -0.2) is 29.7 Å². The molecule has 0 spiro atoms. The summed E-state index contributed by atoms with van der Waals surface area (Å²) in [7, 11) is 0. The fourth-order valence-corrected chi connectivity index (χ4v) is 4.83. The highest BCUT2D eigenvalue weighted by atomic mass is 35.5. The molecule has 200 valence electrons. The normalized spacial score (nSPS) is 17.9. The number of alkyl halides is 6. The van der Waals surface area contributed by atoms with Gasteiger partial charge in [-0.25, -0.2) is 0 Å². The standard InChI is InChI=1S/C27H22ClF6N3O/c1-16-12-19(9-11-20(16)26(29,30)31)35-23(38)14-37-15-25(2,18-6-4-3-5-7-18)24(36-37)17-8-10-21(22(28)13-17)27(32,33)34/h3-13H,14-15H2,1-2H3,(H,35,38). The SMILES string of the molecule is Cc1cc(NC(=O)CN2CC(C)(c3ccccc3)C(c3ccc(C(F)(F)F)c(Cl)c3)=N2)ccc1C(F)(F)F. The molecular weight excluding hydrogens is 532 g/mol. The third kappa shape index (κ3) is 5.65. The van der Waals surface area contributed by atoms with E-state index in [9.17, 15) is 31.1 Å². The molecule has 3 aromatic carbocycles. The molecule has 3 aromatic rings. The number of halogens is 7. The highest BCUT2D eigenvalue weighted by Crippen LogP contribution is 2.39. The van der Waals surface area contributed by atoms with Crippen molar-refractivity contribution in [2.24, 2.45) is 5.10 Å². The predicted molar refractivity (Wildman–Crippen MR) is 133 cm³/mol. The van der Waals surface area contributed by atoms with Crippen molar-refractivity contribution in [1.82, 2.24) is 5.01 Å². The number of carbonyl (C=O) groups is 1. The Morgan fingerprint density at radius 2 is 1.61 bits per heavy atom. The maximum Gasteiger partial charge on any atom is 0.417 e. The van der Waals surface area contributed by atoms with Crippen molar-refractivity contribution in [3.8, 4) is 0 Å². The topological polar surface area (TPSA) is 44.7 Å². The molecule has 0 saturated carbocycles. The number of carbonyl (C=O) groups excluding carboxylic acids is 1. The van der Waals surface area contributed by atoms with Gasteiger partial charge in [0.15, 0.2) is 0 Å². The second kappa shape index (κ2) is 9.98. The van der Waals surface area contributed by atoms with Crippen molar-refractivity contribution in [3.63, 3.8) is 0 Å². The molecule has 1 aliphatic rings. The number of nitrogens with zero attached hydrogens (tertiary/aromatic N) is 2. The lowest BCUT2D eigenvalue weighted by Gasteiger charge is -2.27. The summed E-state index contributed by atoms with van der Waals surface area (Å²) < 4.78 is 78.8. The van der Waals surface area contributed by atoms with Gasteiger partial charge in [-0.1, -0.05) is 48.0 Å². The van der Waals surface area contributed by atoms with Gasteiger partial charge in [0.2, 0.25) is 5.91 Å². The van der Waals surface area contributed by atoms with E-state index < -0.39 is 39.8 Å². The first-order valence-corrected chi connectivity index (χ1v) is 11.8. The maximum absolute atomic E-state index is 13.2. The smallest absolute Gasteiger partial charge is 0.324 e. The molecule has 1 atom stereocenters. The first-order valence-electron chi connectivity index (χ1n) is 11.4. The molecule has 0 aromatic heterocycles. The molecule has 1 heterocycles. The van der Waals surface area contributed by atoms with Gasteiger partial charge in [-0.05, 0) is 55.3 Å². The van der Waals surface area contributed by atoms with Crippen molar-refractivity contribution < 1.29 is 31.1 Å². The van der Waals surface area contributed by atoms with Crippen molar-refractivity contribution >= 4 is 28.9 Å². The van der Waals surface area contributed by atoms with Crippen LogP contribution in [0.25, 0.3) is 0 Å². The largest absolute Gasteiger partial charge is 0.417 e. The predicted octanol–water partition coefficient (Wildman–Crippen LogP) is 7.30. The van der Waals surface area contributed by atoms with Gasteiger partial charge in [0.25, 0.3) is 0 Å². The van der Waals surface area contributed by atoms with Gasteiger partial charge in [0, 0.05) is 11.3 Å². The van der Waals surface area contributed by atoms with Crippen LogP contribution in [0.2, 0.25) is 5.02 Å². The minimum Gasteiger partial charge on any atom is -0.324 e. The summed E-state index contributed by atoms with van der Waals surface area (Å²) in [6.07, 6.45) is -9.12. The van der Waals surface area contributed by atoms with E-state index in [2.05, 4.69) is 10.4 Å². The summed E-state index contributed by atoms with van der Waals surface area (Å²) in [4.78, 5) is 12.8. The summed E-state index contributed by atoms with van der Waals surface area (Å²) >= 11 is 5.97. The summed E-state index contributed by atoms with van der Waals surface area (Å²) in [5.41, 5.74) is -0.764. The Morgan fingerprint density at radius 3 is 2.18 bits per heavy atom. The zero-order valence-electron chi connectivity index (χ0n) is 20.2. The molecule has 1 amide bonds. The van der Waals surface area contributed by atoms with Gasteiger partial charge < -0.3 is 5.32 Å². The number of hydrogen-bond donors (Lipinski definition) is 1. The minimum atomic E-state index is -4.61. The molecule has 4 nitrogen and oxygen atoms in total. The van der Waals surface area contributed by atoms with Gasteiger partial charge in [0.05, 0.1) is 33.8 Å². The average molecular weight is 554 g/mol.